The van der Waals surface area contributed by atoms with E-state index in [0.29, 0.717) is 25.7 Å². The Balaban J connectivity index is 1.25. The molecule has 0 radical (unpaired) electrons. The van der Waals surface area contributed by atoms with E-state index in [0.717, 1.165) is 25.7 Å². The number of aliphatic hydroxyl groups excluding tert-OH is 5. The van der Waals surface area contributed by atoms with E-state index < -0.39 is 65.5 Å². The van der Waals surface area contributed by atoms with E-state index in [1.165, 1.54) is 0 Å². The zero-order valence-corrected chi connectivity index (χ0v) is 28.1. The van der Waals surface area contributed by atoms with Gasteiger partial charge in [0.05, 0.1) is 36.6 Å². The highest BCUT2D eigenvalue weighted by molar-refractivity contribution is 7.80. The maximum absolute atomic E-state index is 12.5. The van der Waals surface area contributed by atoms with Crippen LogP contribution in [0.25, 0.3) is 0 Å². The summed E-state index contributed by atoms with van der Waals surface area (Å²) in [6.07, 6.45) is -1.73. The number of aliphatic hydroxyl groups is 6. The lowest BCUT2D eigenvalue weighted by molar-refractivity contribution is -0.263. The van der Waals surface area contributed by atoms with Gasteiger partial charge in [0.15, 0.2) is 6.29 Å². The molecule has 0 aromatic rings. The third kappa shape index (κ3) is 6.50. The molecule has 45 heavy (non-hydrogen) atoms. The van der Waals surface area contributed by atoms with E-state index in [1.54, 1.807) is 0 Å². The summed E-state index contributed by atoms with van der Waals surface area (Å²) in [7, 11) is -4.74. The molecule has 5 unspecified atom stereocenters. The molecule has 0 spiro atoms. The van der Waals surface area contributed by atoms with Crippen molar-refractivity contribution in [1.82, 2.24) is 0 Å². The third-order valence-corrected chi connectivity index (χ3v) is 13.5. The Morgan fingerprint density at radius 3 is 2.22 bits per heavy atom. The molecule has 0 bridgehead atoms. The summed E-state index contributed by atoms with van der Waals surface area (Å²) in [5.74, 6) is -0.158. The fourth-order valence-electron chi connectivity index (χ4n) is 10.9. The summed E-state index contributed by atoms with van der Waals surface area (Å²) < 4.78 is 46.8. The van der Waals surface area contributed by atoms with Crippen LogP contribution >= 0.6 is 0 Å². The Bertz CT molecular complexity index is 1150. The largest absolute Gasteiger partial charge is 0.397 e. The average molecular weight is 665 g/mol. The molecule has 12 nitrogen and oxygen atoms in total. The van der Waals surface area contributed by atoms with Gasteiger partial charge in [-0.05, 0) is 91.8 Å². The molecule has 1 saturated heterocycles. The summed E-state index contributed by atoms with van der Waals surface area (Å²) in [6, 6.07) is 0. The first-order valence-electron chi connectivity index (χ1n) is 16.9. The Hall–Kier alpha value is -0.450. The van der Waals surface area contributed by atoms with Crippen LogP contribution < -0.4 is 0 Å². The average Bonchev–Trinajstić information content (AvgIpc) is 3.37. The van der Waals surface area contributed by atoms with Crippen molar-refractivity contribution in [2.45, 2.75) is 147 Å². The van der Waals surface area contributed by atoms with Crippen LogP contribution in [0.15, 0.2) is 0 Å². The predicted molar refractivity (Wildman–Crippen MR) is 162 cm³/mol. The van der Waals surface area contributed by atoms with E-state index in [2.05, 4.69) is 25.0 Å². The lowest BCUT2D eigenvalue weighted by Crippen LogP contribution is -2.68. The second-order valence-electron chi connectivity index (χ2n) is 16.0. The van der Waals surface area contributed by atoms with Gasteiger partial charge < -0.3 is 40.1 Å². The van der Waals surface area contributed by atoms with Gasteiger partial charge in [0.2, 0.25) is 0 Å². The number of fused-ring (bicyclic) bond motifs is 5. The molecule has 4 saturated carbocycles. The quantitative estimate of drug-likeness (QED) is 0.167. The number of hydrogen-bond donors (Lipinski definition) is 7. The van der Waals surface area contributed by atoms with Gasteiger partial charge in [0, 0.05) is 12.3 Å². The number of hydrogen-bond acceptors (Lipinski definition) is 11. The van der Waals surface area contributed by atoms with Gasteiger partial charge in [0.25, 0.3) is 0 Å². The first kappa shape index (κ1) is 35.8. The van der Waals surface area contributed by atoms with Gasteiger partial charge >= 0.3 is 10.4 Å². The molecule has 5 rings (SSSR count). The highest BCUT2D eigenvalue weighted by atomic mass is 32.3. The minimum atomic E-state index is -4.74. The summed E-state index contributed by atoms with van der Waals surface area (Å²) in [5, 5.41) is 66.7. The van der Waals surface area contributed by atoms with E-state index in [9.17, 15) is 39.1 Å². The van der Waals surface area contributed by atoms with E-state index >= 15 is 0 Å². The minimum Gasteiger partial charge on any atom is -0.393 e. The monoisotopic (exact) mass is 664 g/mol. The third-order valence-electron chi connectivity index (χ3n) is 13.1. The summed E-state index contributed by atoms with van der Waals surface area (Å²) in [5.41, 5.74) is -1.81. The van der Waals surface area contributed by atoms with Gasteiger partial charge in [-0.3, -0.25) is 4.55 Å². The van der Waals surface area contributed by atoms with Gasteiger partial charge in [-0.2, -0.15) is 8.42 Å². The zero-order valence-electron chi connectivity index (χ0n) is 27.2. The van der Waals surface area contributed by atoms with Gasteiger partial charge in [-0.25, -0.2) is 4.18 Å². The van der Waals surface area contributed by atoms with Crippen molar-refractivity contribution in [3.8, 4) is 0 Å². The smallest absolute Gasteiger partial charge is 0.393 e. The van der Waals surface area contributed by atoms with Crippen molar-refractivity contribution in [2.24, 2.45) is 46.3 Å². The Morgan fingerprint density at radius 1 is 0.911 bits per heavy atom. The molecule has 0 amide bonds. The molecule has 13 heteroatoms. The van der Waals surface area contributed by atoms with Crippen LogP contribution in [0.3, 0.4) is 0 Å². The van der Waals surface area contributed by atoms with Crippen LogP contribution in [0.4, 0.5) is 0 Å². The SMILES string of the molecule is CC(C)C(CC[C@@H](C)[C@H]1CC(O)[C@@H]2[C@]1(C)CC[C@H]1[C@@]2(O)CC(O)C2CC(O)CC[C@@]21C)O[C@@H]1O[C@H](COS(=O)(=O)O)[C@H](O)[C@H]1O. The van der Waals surface area contributed by atoms with Crippen molar-refractivity contribution in [3.05, 3.63) is 0 Å². The molecule has 5 fully saturated rings. The molecular formula is C32H56O12S. The van der Waals surface area contributed by atoms with E-state index in [-0.39, 0.29) is 58.9 Å². The second kappa shape index (κ2) is 12.8. The van der Waals surface area contributed by atoms with Crippen LogP contribution in [0.5, 0.6) is 0 Å². The molecular weight excluding hydrogens is 608 g/mol. The van der Waals surface area contributed by atoms with Gasteiger partial charge in [0.1, 0.15) is 18.3 Å². The Kier molecular flexibility index (Phi) is 10.2. The second-order valence-corrected chi connectivity index (χ2v) is 17.1. The maximum Gasteiger partial charge on any atom is 0.397 e. The standard InChI is InChI=1S/C32H56O12S/c1-16(2)23(43-29-27(37)26(36)24(44-29)15-42-45(39,40)41)7-6-17(3)19-13-21(34)28-31(19,5)11-9-25-30(4)10-8-18(33)12-20(30)22(35)14-32(25,28)38/h16-29,33-38H,6-15H2,1-5H3,(H,39,40,41)/t17-,18?,19-,20?,21?,22?,23?,24-,25-,26+,27-,28-,29-,30+,31-,32+/m1/s1. The molecule has 16 atom stereocenters. The van der Waals surface area contributed by atoms with Crippen molar-refractivity contribution in [1.29, 1.82) is 0 Å². The Morgan fingerprint density at radius 2 is 1.58 bits per heavy atom. The van der Waals surface area contributed by atoms with Crippen molar-refractivity contribution < 1.29 is 57.3 Å². The molecule has 1 heterocycles. The summed E-state index contributed by atoms with van der Waals surface area (Å²) in [6.45, 7) is 9.82. The fourth-order valence-corrected chi connectivity index (χ4v) is 11.2. The van der Waals surface area contributed by atoms with Crippen molar-refractivity contribution >= 4 is 10.4 Å². The molecule has 0 aromatic heterocycles. The number of rotatable bonds is 10. The highest BCUT2D eigenvalue weighted by Gasteiger charge is 2.70. The fraction of sp³-hybridized carbons (Fsp3) is 1.00. The lowest BCUT2D eigenvalue weighted by Gasteiger charge is -2.66. The summed E-state index contributed by atoms with van der Waals surface area (Å²) >= 11 is 0. The van der Waals surface area contributed by atoms with Crippen molar-refractivity contribution in [3.63, 3.8) is 0 Å². The first-order chi connectivity index (χ1) is 20.8. The predicted octanol–water partition coefficient (Wildman–Crippen LogP) is 1.79. The van der Waals surface area contributed by atoms with Crippen LogP contribution in [0.1, 0.15) is 92.4 Å². The van der Waals surface area contributed by atoms with E-state index in [1.807, 2.05) is 13.8 Å². The molecule has 0 aromatic carbocycles. The number of ether oxygens (including phenoxy) is 2. The molecule has 7 N–H and O–H groups in total. The van der Waals surface area contributed by atoms with Gasteiger partial charge in [-0.15, -0.1) is 0 Å². The first-order valence-corrected chi connectivity index (χ1v) is 18.2. The highest BCUT2D eigenvalue weighted by Crippen LogP contribution is 2.69. The molecule has 1 aliphatic heterocycles. The normalized spacial score (nSPS) is 49.8. The van der Waals surface area contributed by atoms with Crippen LogP contribution in [0, 0.1) is 46.3 Å². The Labute approximate surface area is 267 Å². The van der Waals surface area contributed by atoms with Crippen LogP contribution in [-0.2, 0) is 24.1 Å². The van der Waals surface area contributed by atoms with E-state index in [4.69, 9.17) is 14.0 Å². The summed E-state index contributed by atoms with van der Waals surface area (Å²) in [4.78, 5) is 0. The molecule has 5 aliphatic rings. The maximum atomic E-state index is 12.5. The van der Waals surface area contributed by atoms with Crippen LogP contribution in [-0.4, -0.2) is 105 Å². The molecule has 262 valence electrons. The van der Waals surface area contributed by atoms with Crippen LogP contribution in [0.2, 0.25) is 0 Å². The molecule has 4 aliphatic carbocycles. The zero-order chi connectivity index (χ0) is 33.3. The minimum absolute atomic E-state index is 0.0262. The van der Waals surface area contributed by atoms with Gasteiger partial charge in [-0.1, -0.05) is 34.6 Å². The topological polar surface area (TPSA) is 203 Å². The lowest BCUT2D eigenvalue weighted by atomic mass is 9.42. The van der Waals surface area contributed by atoms with Crippen molar-refractivity contribution in [2.75, 3.05) is 6.61 Å².